The lowest BCUT2D eigenvalue weighted by molar-refractivity contribution is 0.647. The van der Waals surface area contributed by atoms with Crippen molar-refractivity contribution < 1.29 is 0 Å². The van der Waals surface area contributed by atoms with Crippen LogP contribution >= 0.6 is 28.1 Å². The van der Waals surface area contributed by atoms with Crippen LogP contribution in [0, 0.1) is 0 Å². The van der Waals surface area contributed by atoms with Gasteiger partial charge in [0.05, 0.1) is 11.4 Å². The van der Waals surface area contributed by atoms with Gasteiger partial charge in [0, 0.05) is 34.9 Å². The van der Waals surface area contributed by atoms with Crippen molar-refractivity contribution in [1.29, 1.82) is 0 Å². The predicted molar refractivity (Wildman–Crippen MR) is 152 cm³/mol. The summed E-state index contributed by atoms with van der Waals surface area (Å²) < 4.78 is 5.94. The fourth-order valence-corrected chi connectivity index (χ4v) is 5.77. The number of aryl methyl sites for hydroxylation is 2. The minimum atomic E-state index is 0.705. The molecule has 3 nitrogen and oxygen atoms in total. The van der Waals surface area contributed by atoms with Crippen LogP contribution in [-0.4, -0.2) is 14.0 Å². The Bertz CT molecular complexity index is 1500. The highest BCUT2D eigenvalue weighted by molar-refractivity contribution is 9.10. The van der Waals surface area contributed by atoms with Crippen LogP contribution in [0.3, 0.4) is 0 Å². The zero-order valence-electron chi connectivity index (χ0n) is 19.4. The van der Waals surface area contributed by atoms with E-state index in [0.29, 0.717) is 6.54 Å². The Morgan fingerprint density at radius 3 is 2.31 bits per heavy atom. The fraction of sp³-hybridized carbons (Fsp3) is 0.167. The quantitative estimate of drug-likeness (QED) is 0.232. The topological polar surface area (TPSA) is 21.4 Å². The number of rotatable bonds is 5. The van der Waals surface area contributed by atoms with Crippen LogP contribution in [-0.2, 0) is 19.5 Å². The average Bonchev–Trinajstić information content (AvgIpc) is 3.32. The molecule has 0 fully saturated rings. The first kappa shape index (κ1) is 22.3. The molecule has 3 aromatic carbocycles. The molecule has 174 valence electrons. The highest BCUT2D eigenvalue weighted by Gasteiger charge is 2.28. The number of hydrogen-bond donors (Lipinski definition) is 1. The first-order valence-electron chi connectivity index (χ1n) is 12.1. The molecule has 35 heavy (non-hydrogen) atoms. The van der Waals surface area contributed by atoms with E-state index in [0.717, 1.165) is 28.1 Å². The van der Waals surface area contributed by atoms with Crippen molar-refractivity contribution in [2.24, 2.45) is 0 Å². The molecule has 5 aromatic rings. The lowest BCUT2D eigenvalue weighted by Gasteiger charge is -2.12. The predicted octanol–water partition coefficient (Wildman–Crippen LogP) is 7.64. The van der Waals surface area contributed by atoms with Gasteiger partial charge in [0.15, 0.2) is 0 Å². The van der Waals surface area contributed by atoms with Gasteiger partial charge in [-0.1, -0.05) is 101 Å². The van der Waals surface area contributed by atoms with Crippen LogP contribution in [0.15, 0.2) is 95.6 Å². The molecule has 1 aliphatic heterocycles. The Balaban J connectivity index is 1.55. The van der Waals surface area contributed by atoms with Crippen LogP contribution in [0.25, 0.3) is 28.0 Å². The lowest BCUT2D eigenvalue weighted by atomic mass is 9.98. The Morgan fingerprint density at radius 2 is 1.57 bits per heavy atom. The molecule has 3 heterocycles. The smallest absolute Gasteiger partial charge is 0.124 e. The minimum absolute atomic E-state index is 0.705. The van der Waals surface area contributed by atoms with Gasteiger partial charge in [0.2, 0.25) is 0 Å². The number of thiocarbonyl (C=S) groups is 1. The largest absolute Gasteiger partial charge is 0.370 e. The minimum Gasteiger partial charge on any atom is -0.370 e. The van der Waals surface area contributed by atoms with Crippen molar-refractivity contribution in [2.75, 3.05) is 0 Å². The first-order chi connectivity index (χ1) is 17.2. The molecule has 0 radical (unpaired) electrons. The van der Waals surface area contributed by atoms with Gasteiger partial charge in [-0.25, -0.2) is 0 Å². The Morgan fingerprint density at radius 1 is 0.857 bits per heavy atom. The van der Waals surface area contributed by atoms with Crippen molar-refractivity contribution in [3.05, 3.63) is 112 Å². The van der Waals surface area contributed by atoms with Crippen LogP contribution in [0.2, 0.25) is 0 Å². The summed E-state index contributed by atoms with van der Waals surface area (Å²) in [4.78, 5) is 0.786. The summed E-state index contributed by atoms with van der Waals surface area (Å²) in [6.45, 7) is 1.72. The second-order valence-electron chi connectivity index (χ2n) is 9.06. The average molecular weight is 541 g/mol. The van der Waals surface area contributed by atoms with Gasteiger partial charge in [0.25, 0.3) is 0 Å². The molecule has 0 unspecified atom stereocenters. The van der Waals surface area contributed by atoms with E-state index in [9.17, 15) is 0 Å². The van der Waals surface area contributed by atoms with E-state index < -0.39 is 0 Å². The van der Waals surface area contributed by atoms with Crippen LogP contribution in [0.4, 0.5) is 0 Å². The summed E-state index contributed by atoms with van der Waals surface area (Å²) >= 11 is 9.67. The van der Waals surface area contributed by atoms with E-state index in [1.807, 2.05) is 6.07 Å². The van der Waals surface area contributed by atoms with Crippen molar-refractivity contribution in [1.82, 2.24) is 14.3 Å². The summed E-state index contributed by atoms with van der Waals surface area (Å²) in [6, 6.07) is 29.8. The van der Waals surface area contributed by atoms with E-state index in [1.54, 1.807) is 0 Å². The molecule has 0 spiro atoms. The molecule has 0 amide bonds. The van der Waals surface area contributed by atoms with Crippen molar-refractivity contribution in [3.63, 3.8) is 0 Å². The molecule has 6 rings (SSSR count). The second kappa shape index (κ2) is 9.48. The number of hydrogen-bond acceptors (Lipinski definition) is 1. The Kier molecular flexibility index (Phi) is 6.05. The monoisotopic (exact) mass is 539 g/mol. The number of aromatic nitrogens is 2. The van der Waals surface area contributed by atoms with Gasteiger partial charge < -0.3 is 9.88 Å². The highest BCUT2D eigenvalue weighted by Crippen LogP contribution is 2.39. The highest BCUT2D eigenvalue weighted by atomic mass is 79.9. The number of benzene rings is 3. The SMILES string of the molecule is S=C(NCc1ccccc1)c1c(-c2ccccc2)c2c3n(c(-c4ccc(Br)cc4)cn13)CCCC2. The molecular formula is C30H26BrN3S. The Labute approximate surface area is 219 Å². The zero-order valence-corrected chi connectivity index (χ0v) is 21.8. The zero-order chi connectivity index (χ0) is 23.8. The number of halogens is 1. The molecule has 2 aromatic heterocycles. The Hall–Kier alpha value is -3.15. The summed E-state index contributed by atoms with van der Waals surface area (Å²) in [5.41, 5.74) is 9.94. The third kappa shape index (κ3) is 4.13. The molecule has 0 aliphatic carbocycles. The fourth-order valence-electron chi connectivity index (χ4n) is 5.24. The molecular weight excluding hydrogens is 514 g/mol. The maximum atomic E-state index is 6.09. The molecule has 0 bridgehead atoms. The summed E-state index contributed by atoms with van der Waals surface area (Å²) in [5.74, 6) is 0. The molecule has 0 saturated carbocycles. The number of nitrogens with one attached hydrogen (secondary N) is 1. The number of nitrogens with zero attached hydrogens (tertiary/aromatic N) is 2. The van der Waals surface area contributed by atoms with E-state index in [4.69, 9.17) is 12.2 Å². The van der Waals surface area contributed by atoms with Crippen molar-refractivity contribution in [2.45, 2.75) is 32.4 Å². The molecule has 5 heteroatoms. The molecule has 0 saturated heterocycles. The van der Waals surface area contributed by atoms with E-state index in [2.05, 4.69) is 115 Å². The van der Waals surface area contributed by atoms with Gasteiger partial charge in [-0.05, 0) is 48.1 Å². The van der Waals surface area contributed by atoms with Crippen LogP contribution in [0.5, 0.6) is 0 Å². The van der Waals surface area contributed by atoms with Gasteiger partial charge in [-0.2, -0.15) is 0 Å². The third-order valence-corrected chi connectivity index (χ3v) is 7.71. The summed E-state index contributed by atoms with van der Waals surface area (Å²) in [6.07, 6.45) is 5.68. The summed E-state index contributed by atoms with van der Waals surface area (Å²) in [5, 5.41) is 3.56. The van der Waals surface area contributed by atoms with Crippen molar-refractivity contribution >= 4 is 38.8 Å². The number of imidazole rings is 1. The van der Waals surface area contributed by atoms with Gasteiger partial charge in [-0.3, -0.25) is 4.40 Å². The molecule has 1 N–H and O–H groups in total. The second-order valence-corrected chi connectivity index (χ2v) is 10.4. The van der Waals surface area contributed by atoms with E-state index in [-0.39, 0.29) is 0 Å². The lowest BCUT2D eigenvalue weighted by Crippen LogP contribution is -2.23. The molecule has 1 aliphatic rings. The van der Waals surface area contributed by atoms with E-state index in [1.165, 1.54) is 52.0 Å². The van der Waals surface area contributed by atoms with Gasteiger partial charge in [0.1, 0.15) is 10.6 Å². The summed E-state index contributed by atoms with van der Waals surface area (Å²) in [7, 11) is 0. The molecule has 0 atom stereocenters. The van der Waals surface area contributed by atoms with Crippen LogP contribution < -0.4 is 5.32 Å². The van der Waals surface area contributed by atoms with Crippen LogP contribution in [0.1, 0.15) is 29.7 Å². The normalized spacial score (nSPS) is 13.1. The van der Waals surface area contributed by atoms with E-state index >= 15 is 0 Å². The van der Waals surface area contributed by atoms with Gasteiger partial charge >= 0.3 is 0 Å². The first-order valence-corrected chi connectivity index (χ1v) is 13.3. The maximum Gasteiger partial charge on any atom is 0.124 e. The standard InChI is InChI=1S/C30H26BrN3S/c31-24-16-14-22(15-17-24)26-20-34-28(29(35)32-19-21-9-3-1-4-10-21)27(23-11-5-2-6-12-23)25-13-7-8-18-33(26)30(25)34/h1-6,9-12,14-17,20H,7-8,13,18-19H2,(H,32,35). The van der Waals surface area contributed by atoms with Crippen molar-refractivity contribution in [3.8, 4) is 22.4 Å². The van der Waals surface area contributed by atoms with Gasteiger partial charge in [-0.15, -0.1) is 0 Å². The third-order valence-electron chi connectivity index (χ3n) is 6.85. The maximum absolute atomic E-state index is 6.09.